The van der Waals surface area contributed by atoms with E-state index in [0.29, 0.717) is 12.4 Å². The summed E-state index contributed by atoms with van der Waals surface area (Å²) in [5.74, 6) is 1.85. The molecule has 1 N–H and O–H groups in total. The Labute approximate surface area is 198 Å². The quantitative estimate of drug-likeness (QED) is 0.245. The highest BCUT2D eigenvalue weighted by atomic mass is 32.2. The third-order valence-corrected chi connectivity index (χ3v) is 6.29. The molecule has 33 heavy (non-hydrogen) atoms. The molecule has 0 radical (unpaired) electrons. The van der Waals surface area contributed by atoms with Crippen molar-refractivity contribution < 1.29 is 9.53 Å². The second-order valence-corrected chi connectivity index (χ2v) is 8.69. The van der Waals surface area contributed by atoms with Gasteiger partial charge in [-0.3, -0.25) is 4.79 Å². The molecule has 5 heteroatoms. The number of rotatable bonds is 9. The molecule has 0 saturated carbocycles. The second kappa shape index (κ2) is 11.3. The number of amides is 1. The van der Waals surface area contributed by atoms with Crippen molar-refractivity contribution in [3.8, 4) is 5.75 Å². The molecular weight excluding hydrogens is 428 g/mol. The minimum absolute atomic E-state index is 0.111. The van der Waals surface area contributed by atoms with Gasteiger partial charge in [-0.25, -0.2) is 5.43 Å². The van der Waals surface area contributed by atoms with Crippen molar-refractivity contribution in [1.82, 2.24) is 5.43 Å². The van der Waals surface area contributed by atoms with Crippen LogP contribution in [-0.2, 0) is 17.2 Å². The van der Waals surface area contributed by atoms with Crippen molar-refractivity contribution in [3.63, 3.8) is 0 Å². The lowest BCUT2D eigenvalue weighted by molar-refractivity contribution is -0.118. The first-order chi connectivity index (χ1) is 16.2. The van der Waals surface area contributed by atoms with E-state index in [1.165, 1.54) is 21.9 Å². The Bertz CT molecular complexity index is 1250. The van der Waals surface area contributed by atoms with Crippen LogP contribution in [0.4, 0.5) is 0 Å². The standard InChI is InChI=1S/C28H26N2O2S/c1-21-7-2-3-9-25(21)19-33-20-28(31)30-29-17-22-13-15-26(16-14-22)32-18-24-11-6-10-23-8-4-5-12-27(23)24/h2-17H,18-20H2,1H3,(H,30,31). The first-order valence-corrected chi connectivity index (χ1v) is 12.0. The van der Waals surface area contributed by atoms with Crippen LogP contribution < -0.4 is 10.2 Å². The van der Waals surface area contributed by atoms with Crippen molar-refractivity contribution in [1.29, 1.82) is 0 Å². The van der Waals surface area contributed by atoms with Gasteiger partial charge in [0.1, 0.15) is 12.4 Å². The molecule has 0 saturated heterocycles. The predicted molar refractivity (Wildman–Crippen MR) is 138 cm³/mol. The average molecular weight is 455 g/mol. The number of fused-ring (bicyclic) bond motifs is 1. The smallest absolute Gasteiger partial charge is 0.250 e. The molecule has 0 unspecified atom stereocenters. The van der Waals surface area contributed by atoms with E-state index < -0.39 is 0 Å². The van der Waals surface area contributed by atoms with Gasteiger partial charge in [-0.05, 0) is 64.2 Å². The average Bonchev–Trinajstić information content (AvgIpc) is 2.85. The lowest BCUT2D eigenvalue weighted by atomic mass is 10.1. The van der Waals surface area contributed by atoms with Crippen molar-refractivity contribution in [3.05, 3.63) is 113 Å². The molecule has 0 aliphatic carbocycles. The fourth-order valence-electron chi connectivity index (χ4n) is 3.47. The summed E-state index contributed by atoms with van der Waals surface area (Å²) in [7, 11) is 0. The van der Waals surface area contributed by atoms with E-state index in [-0.39, 0.29) is 5.91 Å². The largest absolute Gasteiger partial charge is 0.489 e. The van der Waals surface area contributed by atoms with Crippen LogP contribution >= 0.6 is 11.8 Å². The molecule has 0 atom stereocenters. The normalized spacial score (nSPS) is 11.1. The molecule has 0 spiro atoms. The number of ether oxygens (including phenoxy) is 1. The highest BCUT2D eigenvalue weighted by Gasteiger charge is 2.03. The maximum atomic E-state index is 12.0. The number of carbonyl (C=O) groups is 1. The van der Waals surface area contributed by atoms with Crippen molar-refractivity contribution in [2.75, 3.05) is 5.75 Å². The molecule has 166 valence electrons. The second-order valence-electron chi connectivity index (χ2n) is 7.71. The van der Waals surface area contributed by atoms with Crippen LogP contribution in [-0.4, -0.2) is 17.9 Å². The maximum absolute atomic E-state index is 12.0. The molecule has 0 bridgehead atoms. The lowest BCUT2D eigenvalue weighted by Crippen LogP contribution is -2.19. The van der Waals surface area contributed by atoms with E-state index >= 15 is 0 Å². The number of thioether (sulfide) groups is 1. The van der Waals surface area contributed by atoms with Crippen LogP contribution in [0, 0.1) is 6.92 Å². The van der Waals surface area contributed by atoms with E-state index in [1.54, 1.807) is 18.0 Å². The molecule has 4 aromatic rings. The Morgan fingerprint density at radius 1 is 0.909 bits per heavy atom. The Morgan fingerprint density at radius 3 is 2.48 bits per heavy atom. The number of aryl methyl sites for hydroxylation is 1. The summed E-state index contributed by atoms with van der Waals surface area (Å²) in [6, 6.07) is 30.4. The molecule has 1 amide bonds. The van der Waals surface area contributed by atoms with Gasteiger partial charge in [0.15, 0.2) is 0 Å². The molecule has 0 fully saturated rings. The van der Waals surface area contributed by atoms with Crippen LogP contribution in [0.15, 0.2) is 96.1 Å². The van der Waals surface area contributed by atoms with Crippen molar-refractivity contribution >= 4 is 34.7 Å². The third-order valence-electron chi connectivity index (χ3n) is 5.31. The first-order valence-electron chi connectivity index (χ1n) is 10.8. The Kier molecular flexibility index (Phi) is 7.77. The molecular formula is C28H26N2O2S. The summed E-state index contributed by atoms with van der Waals surface area (Å²) >= 11 is 1.58. The summed E-state index contributed by atoms with van der Waals surface area (Å²) < 4.78 is 5.97. The van der Waals surface area contributed by atoms with Crippen LogP contribution in [0.5, 0.6) is 5.75 Å². The topological polar surface area (TPSA) is 50.7 Å². The Balaban J connectivity index is 1.22. The number of nitrogens with one attached hydrogen (secondary N) is 1. The zero-order valence-electron chi connectivity index (χ0n) is 18.5. The molecule has 4 rings (SSSR count). The van der Waals surface area contributed by atoms with Gasteiger partial charge in [0, 0.05) is 5.75 Å². The first kappa shape index (κ1) is 22.6. The summed E-state index contributed by atoms with van der Waals surface area (Å²) in [4.78, 5) is 12.0. The van der Waals surface area contributed by atoms with Gasteiger partial charge in [-0.15, -0.1) is 11.8 Å². The summed E-state index contributed by atoms with van der Waals surface area (Å²) in [5, 5.41) is 6.48. The fourth-order valence-corrected chi connectivity index (χ4v) is 4.36. The number of nitrogens with zero attached hydrogens (tertiary/aromatic N) is 1. The van der Waals surface area contributed by atoms with Gasteiger partial charge in [-0.1, -0.05) is 66.7 Å². The zero-order chi connectivity index (χ0) is 22.9. The summed E-state index contributed by atoms with van der Waals surface area (Å²) in [6.45, 7) is 2.59. The van der Waals surface area contributed by atoms with E-state index in [2.05, 4.69) is 59.9 Å². The number of benzene rings is 4. The molecule has 0 heterocycles. The number of hydrogen-bond donors (Lipinski definition) is 1. The van der Waals surface area contributed by atoms with Crippen LogP contribution in [0.25, 0.3) is 10.8 Å². The van der Waals surface area contributed by atoms with E-state index in [9.17, 15) is 4.79 Å². The summed E-state index contributed by atoms with van der Waals surface area (Å²) in [6.07, 6.45) is 1.64. The van der Waals surface area contributed by atoms with Gasteiger partial charge in [-0.2, -0.15) is 5.10 Å². The lowest BCUT2D eigenvalue weighted by Gasteiger charge is -2.09. The van der Waals surface area contributed by atoms with E-state index in [4.69, 9.17) is 4.74 Å². The Hall–Kier alpha value is -3.57. The number of carbonyl (C=O) groups excluding carboxylic acids is 1. The monoisotopic (exact) mass is 454 g/mol. The fraction of sp³-hybridized carbons (Fsp3) is 0.143. The number of hydrogen-bond acceptors (Lipinski definition) is 4. The molecule has 4 aromatic carbocycles. The third kappa shape index (κ3) is 6.46. The van der Waals surface area contributed by atoms with Crippen LogP contribution in [0.2, 0.25) is 0 Å². The zero-order valence-corrected chi connectivity index (χ0v) is 19.3. The number of hydrazone groups is 1. The predicted octanol–water partition coefficient (Wildman–Crippen LogP) is 6.11. The SMILES string of the molecule is Cc1ccccc1CSCC(=O)NN=Cc1ccc(OCc2cccc3ccccc23)cc1. The molecule has 0 aliphatic rings. The van der Waals surface area contributed by atoms with Crippen molar-refractivity contribution in [2.45, 2.75) is 19.3 Å². The van der Waals surface area contributed by atoms with E-state index in [1.807, 2.05) is 48.5 Å². The van der Waals surface area contributed by atoms with Crippen LogP contribution in [0.1, 0.15) is 22.3 Å². The van der Waals surface area contributed by atoms with Gasteiger partial charge >= 0.3 is 0 Å². The molecule has 4 nitrogen and oxygen atoms in total. The maximum Gasteiger partial charge on any atom is 0.250 e. The van der Waals surface area contributed by atoms with Gasteiger partial charge in [0.05, 0.1) is 12.0 Å². The van der Waals surface area contributed by atoms with Crippen LogP contribution in [0.3, 0.4) is 0 Å². The van der Waals surface area contributed by atoms with E-state index in [0.717, 1.165) is 22.6 Å². The van der Waals surface area contributed by atoms with Gasteiger partial charge in [0.2, 0.25) is 5.91 Å². The Morgan fingerprint density at radius 2 is 1.64 bits per heavy atom. The highest BCUT2D eigenvalue weighted by molar-refractivity contribution is 7.99. The van der Waals surface area contributed by atoms with Gasteiger partial charge in [0.25, 0.3) is 0 Å². The van der Waals surface area contributed by atoms with Gasteiger partial charge < -0.3 is 4.74 Å². The molecule has 0 aliphatic heterocycles. The minimum atomic E-state index is -0.111. The van der Waals surface area contributed by atoms with Crippen molar-refractivity contribution in [2.24, 2.45) is 5.10 Å². The minimum Gasteiger partial charge on any atom is -0.489 e. The summed E-state index contributed by atoms with van der Waals surface area (Å²) in [5.41, 5.74) is 7.13. The molecule has 0 aromatic heterocycles. The highest BCUT2D eigenvalue weighted by Crippen LogP contribution is 2.21.